The molecule has 9 heteroatoms. The third kappa shape index (κ3) is 3.24. The van der Waals surface area contributed by atoms with Gasteiger partial charge in [-0.25, -0.2) is 10.1 Å². The lowest BCUT2D eigenvalue weighted by Gasteiger charge is -2.07. The van der Waals surface area contributed by atoms with Crippen molar-refractivity contribution in [3.63, 3.8) is 0 Å². The molecule has 0 spiro atoms. The number of carbonyl (C=O) groups excluding carboxylic acids is 2. The van der Waals surface area contributed by atoms with Crippen LogP contribution in [-0.4, -0.2) is 44.3 Å². The fourth-order valence-corrected chi connectivity index (χ4v) is 3.49. The Hall–Kier alpha value is -3.33. The number of imide groups is 1. The predicted molar refractivity (Wildman–Crippen MR) is 101 cm³/mol. The van der Waals surface area contributed by atoms with Crippen molar-refractivity contribution in [2.24, 2.45) is 0 Å². The van der Waals surface area contributed by atoms with E-state index in [-0.39, 0.29) is 5.75 Å². The summed E-state index contributed by atoms with van der Waals surface area (Å²) in [7, 11) is 1.47. The molecule has 0 atom stereocenters. The molecule has 0 fully saturated rings. The maximum Gasteiger partial charge on any atom is 0.261 e. The predicted octanol–water partition coefficient (Wildman–Crippen LogP) is 2.27. The number of ether oxygens (including phenoxy) is 1. The van der Waals surface area contributed by atoms with Gasteiger partial charge >= 0.3 is 0 Å². The zero-order valence-electron chi connectivity index (χ0n) is 14.3. The van der Waals surface area contributed by atoms with Crippen LogP contribution in [0, 0.1) is 0 Å². The first-order valence-corrected chi connectivity index (χ1v) is 9.07. The van der Waals surface area contributed by atoms with Crippen LogP contribution >= 0.6 is 11.8 Å². The summed E-state index contributed by atoms with van der Waals surface area (Å²) in [6.07, 6.45) is 0. The van der Waals surface area contributed by atoms with Gasteiger partial charge in [0.25, 0.3) is 5.91 Å². The number of aromatic amines is 1. The quantitative estimate of drug-likeness (QED) is 0.514. The van der Waals surface area contributed by atoms with E-state index < -0.39 is 11.8 Å². The molecular formula is C18H15N5O3S. The summed E-state index contributed by atoms with van der Waals surface area (Å²) in [5.74, 6) is 0.126. The first-order chi connectivity index (χ1) is 13.2. The molecule has 27 heavy (non-hydrogen) atoms. The average molecular weight is 381 g/mol. The van der Waals surface area contributed by atoms with Gasteiger partial charge in [-0.2, -0.15) is 0 Å². The number of nitrogens with one attached hydrogen (secondary N) is 2. The van der Waals surface area contributed by atoms with E-state index in [1.165, 1.54) is 18.9 Å². The highest BCUT2D eigenvalue weighted by Gasteiger charge is 2.17. The molecule has 0 saturated carbocycles. The van der Waals surface area contributed by atoms with E-state index in [1.807, 2.05) is 28.7 Å². The number of imidazole rings is 1. The zero-order valence-corrected chi connectivity index (χ0v) is 15.1. The van der Waals surface area contributed by atoms with E-state index in [0.29, 0.717) is 22.2 Å². The SMILES string of the molecule is COc1ccccc1C(=O)NC(=O)CSc1n[nH]c2nc3ccccc3n12. The van der Waals surface area contributed by atoms with Crippen molar-refractivity contribution in [2.75, 3.05) is 12.9 Å². The van der Waals surface area contributed by atoms with Gasteiger partial charge in [-0.05, 0) is 24.3 Å². The van der Waals surface area contributed by atoms with Crippen LogP contribution in [0.25, 0.3) is 16.8 Å². The zero-order chi connectivity index (χ0) is 18.8. The number of benzene rings is 2. The summed E-state index contributed by atoms with van der Waals surface area (Å²) < 4.78 is 6.99. The van der Waals surface area contributed by atoms with Gasteiger partial charge in [0.2, 0.25) is 11.7 Å². The van der Waals surface area contributed by atoms with Gasteiger partial charge in [0.05, 0.1) is 29.5 Å². The minimum atomic E-state index is -0.502. The summed E-state index contributed by atoms with van der Waals surface area (Å²) in [4.78, 5) is 28.9. The highest BCUT2D eigenvalue weighted by atomic mass is 32.2. The maximum atomic E-state index is 12.3. The fourth-order valence-electron chi connectivity index (χ4n) is 2.73. The van der Waals surface area contributed by atoms with Crippen molar-refractivity contribution in [3.8, 4) is 5.75 Å². The summed E-state index contributed by atoms with van der Waals surface area (Å²) in [5, 5.41) is 10.0. The second kappa shape index (κ2) is 7.12. The van der Waals surface area contributed by atoms with E-state index in [0.717, 1.165) is 11.0 Å². The number of carbonyl (C=O) groups is 2. The number of nitrogens with zero attached hydrogens (tertiary/aromatic N) is 3. The molecule has 4 rings (SSSR count). The number of fused-ring (bicyclic) bond motifs is 3. The molecule has 2 N–H and O–H groups in total. The topological polar surface area (TPSA) is 101 Å². The molecule has 0 unspecified atom stereocenters. The Morgan fingerprint density at radius 3 is 2.81 bits per heavy atom. The van der Waals surface area contributed by atoms with Gasteiger partial charge in [-0.15, -0.1) is 5.10 Å². The van der Waals surface area contributed by atoms with Crippen LogP contribution in [0.4, 0.5) is 0 Å². The van der Waals surface area contributed by atoms with Crippen molar-refractivity contribution < 1.29 is 14.3 Å². The molecule has 0 aliphatic carbocycles. The lowest BCUT2D eigenvalue weighted by Crippen LogP contribution is -2.32. The van der Waals surface area contributed by atoms with Crippen LogP contribution < -0.4 is 10.1 Å². The number of rotatable bonds is 5. The molecule has 2 aromatic heterocycles. The van der Waals surface area contributed by atoms with E-state index in [1.54, 1.807) is 24.3 Å². The maximum absolute atomic E-state index is 12.3. The number of amides is 2. The first-order valence-electron chi connectivity index (χ1n) is 8.09. The van der Waals surface area contributed by atoms with Crippen LogP contribution in [0.2, 0.25) is 0 Å². The molecule has 8 nitrogen and oxygen atoms in total. The van der Waals surface area contributed by atoms with Gasteiger partial charge < -0.3 is 4.74 Å². The second-order valence-electron chi connectivity index (χ2n) is 5.63. The Labute approximate surface area is 157 Å². The summed E-state index contributed by atoms with van der Waals surface area (Å²) >= 11 is 1.22. The number of methoxy groups -OCH3 is 1. The molecule has 0 aliphatic heterocycles. The third-order valence-electron chi connectivity index (χ3n) is 3.94. The van der Waals surface area contributed by atoms with E-state index in [9.17, 15) is 9.59 Å². The molecule has 0 bridgehead atoms. The Kier molecular flexibility index (Phi) is 4.51. The number of hydrogen-bond acceptors (Lipinski definition) is 6. The second-order valence-corrected chi connectivity index (χ2v) is 6.57. The summed E-state index contributed by atoms with van der Waals surface area (Å²) in [6, 6.07) is 14.4. The molecule has 0 saturated heterocycles. The van der Waals surface area contributed by atoms with Crippen LogP contribution in [0.3, 0.4) is 0 Å². The molecule has 2 amide bonds. The van der Waals surface area contributed by atoms with E-state index in [2.05, 4.69) is 20.5 Å². The van der Waals surface area contributed by atoms with Gasteiger partial charge in [0.1, 0.15) is 5.75 Å². The van der Waals surface area contributed by atoms with Gasteiger partial charge in [0, 0.05) is 0 Å². The number of aromatic nitrogens is 4. The minimum absolute atomic E-state index is 0.0351. The van der Waals surface area contributed by atoms with Gasteiger partial charge in [0.15, 0.2) is 5.16 Å². The third-order valence-corrected chi connectivity index (χ3v) is 4.88. The molecule has 0 radical (unpaired) electrons. The highest BCUT2D eigenvalue weighted by Crippen LogP contribution is 2.23. The minimum Gasteiger partial charge on any atom is -0.496 e. The van der Waals surface area contributed by atoms with Crippen molar-refractivity contribution in [2.45, 2.75) is 5.16 Å². The number of H-pyrrole nitrogens is 1. The number of hydrogen-bond donors (Lipinski definition) is 2. The Morgan fingerprint density at radius 1 is 1.19 bits per heavy atom. The Bertz CT molecular complexity index is 1150. The summed E-state index contributed by atoms with van der Waals surface area (Å²) in [5.41, 5.74) is 2.04. The van der Waals surface area contributed by atoms with Crippen molar-refractivity contribution in [1.29, 1.82) is 0 Å². The monoisotopic (exact) mass is 381 g/mol. The molecular weight excluding hydrogens is 366 g/mol. The molecule has 0 aliphatic rings. The van der Waals surface area contributed by atoms with Gasteiger partial charge in [-0.1, -0.05) is 36.0 Å². The molecule has 136 valence electrons. The lowest BCUT2D eigenvalue weighted by atomic mass is 10.2. The first kappa shape index (κ1) is 17.1. The van der Waals surface area contributed by atoms with Crippen LogP contribution in [0.1, 0.15) is 10.4 Å². The molecule has 4 aromatic rings. The van der Waals surface area contributed by atoms with Crippen molar-refractivity contribution in [3.05, 3.63) is 54.1 Å². The van der Waals surface area contributed by atoms with Crippen molar-refractivity contribution in [1.82, 2.24) is 24.9 Å². The largest absolute Gasteiger partial charge is 0.496 e. The summed E-state index contributed by atoms with van der Waals surface area (Å²) in [6.45, 7) is 0. The highest BCUT2D eigenvalue weighted by molar-refractivity contribution is 7.99. The number of thioether (sulfide) groups is 1. The Morgan fingerprint density at radius 2 is 1.96 bits per heavy atom. The smallest absolute Gasteiger partial charge is 0.261 e. The van der Waals surface area contributed by atoms with E-state index >= 15 is 0 Å². The van der Waals surface area contributed by atoms with Crippen LogP contribution in [0.15, 0.2) is 53.7 Å². The van der Waals surface area contributed by atoms with Crippen LogP contribution in [-0.2, 0) is 4.79 Å². The molecule has 2 aromatic carbocycles. The molecule has 2 heterocycles. The van der Waals surface area contributed by atoms with Crippen molar-refractivity contribution >= 4 is 40.4 Å². The van der Waals surface area contributed by atoms with Crippen LogP contribution in [0.5, 0.6) is 5.75 Å². The average Bonchev–Trinajstić information content (AvgIpc) is 3.25. The van der Waals surface area contributed by atoms with E-state index in [4.69, 9.17) is 4.74 Å². The Balaban J connectivity index is 1.47. The fraction of sp³-hybridized carbons (Fsp3) is 0.111. The normalized spacial score (nSPS) is 11.0. The standard InChI is InChI=1S/C18H15N5O3S/c1-26-14-9-5-2-6-11(14)16(25)20-15(24)10-27-18-22-21-17-19-12-7-3-4-8-13(12)23(17)18/h2-9H,10H2,1H3,(H,19,21)(H,20,24,25). The number of para-hydroxylation sites is 3. The lowest BCUT2D eigenvalue weighted by molar-refractivity contribution is -0.117. The van der Waals surface area contributed by atoms with Gasteiger partial charge in [-0.3, -0.25) is 19.3 Å².